The molecule has 0 saturated carbocycles. The number of ether oxygens (including phenoxy) is 3. The second-order valence-corrected chi connectivity index (χ2v) is 7.30. The summed E-state index contributed by atoms with van der Waals surface area (Å²) in [5.74, 6) is -10.3. The number of rotatable bonds is 5. The van der Waals surface area contributed by atoms with Crippen LogP contribution in [0, 0.1) is 34.9 Å². The molecule has 0 aromatic heterocycles. The van der Waals surface area contributed by atoms with Gasteiger partial charge in [-0.3, -0.25) is 0 Å². The standard InChI is InChI=1S/C23H14F8O3/c24-15-10-13(2-3-14(15)11-6-18(27)21(29)19(28)7-11)34-23(30,31)20-16(25)8-12(9-17(20)26)22-32-4-1-5-33-22/h2-3,6-10,22H,1,4-5H2. The van der Waals surface area contributed by atoms with Crippen molar-refractivity contribution in [3.63, 3.8) is 0 Å². The van der Waals surface area contributed by atoms with E-state index in [1.807, 2.05) is 0 Å². The molecule has 1 aliphatic rings. The average Bonchev–Trinajstić information content (AvgIpc) is 2.77. The van der Waals surface area contributed by atoms with E-state index in [4.69, 9.17) is 9.47 Å². The number of hydrogen-bond donors (Lipinski definition) is 0. The minimum atomic E-state index is -4.57. The Kier molecular flexibility index (Phi) is 6.50. The van der Waals surface area contributed by atoms with E-state index >= 15 is 0 Å². The van der Waals surface area contributed by atoms with Crippen LogP contribution in [0.2, 0.25) is 0 Å². The molecule has 0 spiro atoms. The molecule has 1 aliphatic heterocycles. The van der Waals surface area contributed by atoms with Gasteiger partial charge in [0.2, 0.25) is 0 Å². The van der Waals surface area contributed by atoms with Crippen LogP contribution in [-0.2, 0) is 15.6 Å². The van der Waals surface area contributed by atoms with Crippen molar-refractivity contribution in [3.05, 3.63) is 88.5 Å². The zero-order valence-electron chi connectivity index (χ0n) is 17.0. The molecule has 1 fully saturated rings. The largest absolute Gasteiger partial charge is 0.432 e. The molecule has 0 amide bonds. The van der Waals surface area contributed by atoms with Crippen LogP contribution in [0.3, 0.4) is 0 Å². The van der Waals surface area contributed by atoms with Gasteiger partial charge in [-0.2, -0.15) is 8.78 Å². The Morgan fingerprint density at radius 1 is 0.735 bits per heavy atom. The zero-order chi connectivity index (χ0) is 24.6. The fourth-order valence-electron chi connectivity index (χ4n) is 3.39. The van der Waals surface area contributed by atoms with Crippen molar-refractivity contribution in [2.75, 3.05) is 13.2 Å². The highest BCUT2D eigenvalue weighted by Crippen LogP contribution is 2.38. The molecule has 3 aromatic rings. The minimum Gasteiger partial charge on any atom is -0.429 e. The normalized spacial score (nSPS) is 14.9. The van der Waals surface area contributed by atoms with Crippen molar-refractivity contribution in [2.45, 2.75) is 18.8 Å². The first-order chi connectivity index (χ1) is 16.1. The summed E-state index contributed by atoms with van der Waals surface area (Å²) in [5.41, 5.74) is -2.74. The molecule has 0 N–H and O–H groups in total. The Hall–Kier alpha value is -3.18. The number of alkyl halides is 2. The van der Waals surface area contributed by atoms with E-state index in [-0.39, 0.29) is 18.8 Å². The number of hydrogen-bond acceptors (Lipinski definition) is 3. The van der Waals surface area contributed by atoms with Gasteiger partial charge in [-0.25, -0.2) is 26.3 Å². The second-order valence-electron chi connectivity index (χ2n) is 7.30. The van der Waals surface area contributed by atoms with Crippen molar-refractivity contribution in [1.82, 2.24) is 0 Å². The van der Waals surface area contributed by atoms with Crippen LogP contribution in [0.1, 0.15) is 23.8 Å². The minimum absolute atomic E-state index is 0.150. The van der Waals surface area contributed by atoms with E-state index in [9.17, 15) is 35.1 Å². The van der Waals surface area contributed by atoms with Gasteiger partial charge < -0.3 is 14.2 Å². The van der Waals surface area contributed by atoms with Gasteiger partial charge in [0.15, 0.2) is 23.7 Å². The van der Waals surface area contributed by atoms with Crippen LogP contribution in [0.25, 0.3) is 11.1 Å². The first-order valence-corrected chi connectivity index (χ1v) is 9.80. The summed E-state index contributed by atoms with van der Waals surface area (Å²) >= 11 is 0. The van der Waals surface area contributed by atoms with E-state index in [2.05, 4.69) is 4.74 Å². The van der Waals surface area contributed by atoms with Gasteiger partial charge >= 0.3 is 6.11 Å². The third kappa shape index (κ3) is 4.71. The van der Waals surface area contributed by atoms with E-state index in [1.54, 1.807) is 0 Å². The Labute approximate surface area is 187 Å². The van der Waals surface area contributed by atoms with Crippen molar-refractivity contribution < 1.29 is 49.3 Å². The Balaban J connectivity index is 1.60. The Bertz CT molecular complexity index is 1180. The monoisotopic (exact) mass is 490 g/mol. The van der Waals surface area contributed by atoms with Gasteiger partial charge in [-0.05, 0) is 48.4 Å². The summed E-state index contributed by atoms with van der Waals surface area (Å²) in [6.45, 7) is 0.515. The van der Waals surface area contributed by atoms with E-state index in [0.717, 1.165) is 12.1 Å². The lowest BCUT2D eigenvalue weighted by atomic mass is 10.0. The molecule has 1 heterocycles. The van der Waals surface area contributed by atoms with Gasteiger partial charge in [0.05, 0.1) is 13.2 Å². The molecule has 0 aliphatic carbocycles. The smallest absolute Gasteiger partial charge is 0.429 e. The lowest BCUT2D eigenvalue weighted by Gasteiger charge is -2.25. The molecule has 3 nitrogen and oxygen atoms in total. The molecule has 0 radical (unpaired) electrons. The van der Waals surface area contributed by atoms with E-state index in [0.29, 0.717) is 36.8 Å². The molecule has 3 aromatic carbocycles. The van der Waals surface area contributed by atoms with Crippen LogP contribution < -0.4 is 4.74 Å². The molecular formula is C23H14F8O3. The third-order valence-electron chi connectivity index (χ3n) is 4.94. The number of halogens is 8. The van der Waals surface area contributed by atoms with Gasteiger partial charge in [0.25, 0.3) is 0 Å². The predicted octanol–water partition coefficient (Wildman–Crippen LogP) is 6.75. The molecule has 0 unspecified atom stereocenters. The Morgan fingerprint density at radius 2 is 1.32 bits per heavy atom. The van der Waals surface area contributed by atoms with Gasteiger partial charge in [-0.1, -0.05) is 0 Å². The second kappa shape index (κ2) is 9.22. The maximum absolute atomic E-state index is 14.6. The van der Waals surface area contributed by atoms with Gasteiger partial charge in [-0.15, -0.1) is 0 Å². The Morgan fingerprint density at radius 3 is 1.88 bits per heavy atom. The van der Waals surface area contributed by atoms with Crippen molar-refractivity contribution >= 4 is 0 Å². The van der Waals surface area contributed by atoms with E-state index < -0.39 is 69.7 Å². The van der Waals surface area contributed by atoms with Crippen molar-refractivity contribution in [2.24, 2.45) is 0 Å². The van der Waals surface area contributed by atoms with E-state index in [1.165, 1.54) is 0 Å². The maximum atomic E-state index is 14.6. The third-order valence-corrected chi connectivity index (χ3v) is 4.94. The lowest BCUT2D eigenvalue weighted by Crippen LogP contribution is -2.26. The van der Waals surface area contributed by atoms with Crippen LogP contribution in [0.5, 0.6) is 5.75 Å². The summed E-state index contributed by atoms with van der Waals surface area (Å²) in [7, 11) is 0. The SMILES string of the molecule is Fc1cc(OC(F)(F)c2c(F)cc(C3OCCCO3)cc2F)ccc1-c1cc(F)c(F)c(F)c1. The molecule has 4 rings (SSSR count). The lowest BCUT2D eigenvalue weighted by molar-refractivity contribution is -0.191. The molecule has 1 saturated heterocycles. The van der Waals surface area contributed by atoms with Crippen LogP contribution in [0.15, 0.2) is 42.5 Å². The van der Waals surface area contributed by atoms with Gasteiger partial charge in [0.1, 0.15) is 28.8 Å². The van der Waals surface area contributed by atoms with Crippen LogP contribution in [0.4, 0.5) is 35.1 Å². The van der Waals surface area contributed by atoms with Gasteiger partial charge in [0, 0.05) is 17.2 Å². The fraction of sp³-hybridized carbons (Fsp3) is 0.217. The predicted molar refractivity (Wildman–Crippen MR) is 102 cm³/mol. The van der Waals surface area contributed by atoms with Crippen LogP contribution >= 0.6 is 0 Å². The average molecular weight is 490 g/mol. The number of benzene rings is 3. The maximum Gasteiger partial charge on any atom is 0.432 e. The summed E-state index contributed by atoms with van der Waals surface area (Å²) in [4.78, 5) is 0. The van der Waals surface area contributed by atoms with Crippen LogP contribution in [-0.4, -0.2) is 13.2 Å². The zero-order valence-corrected chi connectivity index (χ0v) is 17.0. The molecular weight excluding hydrogens is 476 g/mol. The molecule has 0 bridgehead atoms. The summed E-state index contributed by atoms with van der Waals surface area (Å²) < 4.78 is 127. The highest BCUT2D eigenvalue weighted by atomic mass is 19.3. The first-order valence-electron chi connectivity index (χ1n) is 9.80. The summed E-state index contributed by atoms with van der Waals surface area (Å²) in [6, 6.07) is 4.31. The van der Waals surface area contributed by atoms with Crippen molar-refractivity contribution in [3.8, 4) is 16.9 Å². The quantitative estimate of drug-likeness (QED) is 0.293. The first kappa shape index (κ1) is 24.0. The highest BCUT2D eigenvalue weighted by molar-refractivity contribution is 5.65. The highest BCUT2D eigenvalue weighted by Gasteiger charge is 2.42. The molecule has 34 heavy (non-hydrogen) atoms. The molecule has 11 heteroatoms. The fourth-order valence-corrected chi connectivity index (χ4v) is 3.39. The topological polar surface area (TPSA) is 27.7 Å². The van der Waals surface area contributed by atoms with Crippen molar-refractivity contribution in [1.29, 1.82) is 0 Å². The molecule has 0 atom stereocenters. The summed E-state index contributed by atoms with van der Waals surface area (Å²) in [6.07, 6.45) is -5.13. The molecule has 180 valence electrons. The summed E-state index contributed by atoms with van der Waals surface area (Å²) in [5, 5.41) is 0.